The molecule has 0 bridgehead atoms. The van der Waals surface area contributed by atoms with Gasteiger partial charge in [-0.3, -0.25) is 0 Å². The van der Waals surface area contributed by atoms with E-state index in [4.69, 9.17) is 0 Å². The molecule has 0 fully saturated rings. The first kappa shape index (κ1) is 13.6. The van der Waals surface area contributed by atoms with E-state index in [1.165, 1.54) is 5.56 Å². The van der Waals surface area contributed by atoms with Gasteiger partial charge in [0.1, 0.15) is 0 Å². The third kappa shape index (κ3) is 2.47. The van der Waals surface area contributed by atoms with Crippen LogP contribution in [0.2, 0.25) is 0 Å². The van der Waals surface area contributed by atoms with Crippen molar-refractivity contribution in [2.24, 2.45) is 0 Å². The summed E-state index contributed by atoms with van der Waals surface area (Å²) >= 11 is 0. The maximum absolute atomic E-state index is 11.4. The topological polar surface area (TPSA) is 50.2 Å². The Morgan fingerprint density at radius 1 is 1.19 bits per heavy atom. The van der Waals surface area contributed by atoms with Crippen LogP contribution in [0.25, 0.3) is 21.8 Å². The Hall–Kier alpha value is -2.42. The number of aromatic nitrogens is 1. The predicted octanol–water partition coefficient (Wildman–Crippen LogP) is 4.43. The Bertz CT molecular complexity index is 824. The molecular formula is C18H17NO2. The number of carboxylic acids is 1. The van der Waals surface area contributed by atoms with E-state index in [9.17, 15) is 9.90 Å². The molecule has 1 aromatic heterocycles. The maximum Gasteiger partial charge on any atom is 0.337 e. The summed E-state index contributed by atoms with van der Waals surface area (Å²) in [5.41, 5.74) is 2.88. The zero-order chi connectivity index (χ0) is 14.8. The molecule has 1 N–H and O–H groups in total. The van der Waals surface area contributed by atoms with E-state index in [2.05, 4.69) is 18.0 Å². The number of para-hydroxylation sites is 1. The summed E-state index contributed by atoms with van der Waals surface area (Å²) in [5.74, 6) is -0.926. The van der Waals surface area contributed by atoms with E-state index >= 15 is 0 Å². The number of unbranched alkanes of at least 4 members (excludes halogenated alkanes) is 1. The molecule has 0 saturated heterocycles. The SMILES string of the molecule is CCCCc1ccc(C(=O)O)c2nc3ccccc3cc12. The van der Waals surface area contributed by atoms with Gasteiger partial charge in [-0.25, -0.2) is 9.78 Å². The van der Waals surface area contributed by atoms with E-state index < -0.39 is 5.97 Å². The molecular weight excluding hydrogens is 262 g/mol. The van der Waals surface area contributed by atoms with Crippen LogP contribution in [0, 0.1) is 0 Å². The molecule has 0 saturated carbocycles. The smallest absolute Gasteiger partial charge is 0.337 e. The van der Waals surface area contributed by atoms with Crippen molar-refractivity contribution in [1.29, 1.82) is 0 Å². The number of aryl methyl sites for hydroxylation is 1. The van der Waals surface area contributed by atoms with Gasteiger partial charge >= 0.3 is 5.97 Å². The fourth-order valence-electron chi connectivity index (χ4n) is 2.68. The lowest BCUT2D eigenvalue weighted by molar-refractivity contribution is 0.0699. The number of pyridine rings is 1. The summed E-state index contributed by atoms with van der Waals surface area (Å²) in [7, 11) is 0. The third-order valence-electron chi connectivity index (χ3n) is 3.81. The second-order valence-electron chi connectivity index (χ2n) is 5.26. The molecule has 0 amide bonds. The second kappa shape index (κ2) is 5.52. The van der Waals surface area contributed by atoms with Crippen molar-refractivity contribution in [1.82, 2.24) is 4.98 Å². The predicted molar refractivity (Wildman–Crippen MR) is 84.8 cm³/mol. The zero-order valence-electron chi connectivity index (χ0n) is 12.0. The van der Waals surface area contributed by atoms with Crippen molar-refractivity contribution in [2.45, 2.75) is 26.2 Å². The molecule has 2 aromatic carbocycles. The summed E-state index contributed by atoms with van der Waals surface area (Å²) < 4.78 is 0. The van der Waals surface area contributed by atoms with E-state index in [0.717, 1.165) is 35.6 Å². The van der Waals surface area contributed by atoms with Gasteiger partial charge in [0, 0.05) is 10.8 Å². The second-order valence-corrected chi connectivity index (χ2v) is 5.26. The fraction of sp³-hybridized carbons (Fsp3) is 0.222. The zero-order valence-corrected chi connectivity index (χ0v) is 12.0. The Morgan fingerprint density at radius 3 is 2.76 bits per heavy atom. The highest BCUT2D eigenvalue weighted by atomic mass is 16.4. The minimum atomic E-state index is -0.926. The highest BCUT2D eigenvalue weighted by Crippen LogP contribution is 2.26. The van der Waals surface area contributed by atoms with Gasteiger partial charge in [0.05, 0.1) is 16.6 Å². The molecule has 0 atom stereocenters. The molecule has 21 heavy (non-hydrogen) atoms. The summed E-state index contributed by atoms with van der Waals surface area (Å²) in [6, 6.07) is 13.5. The summed E-state index contributed by atoms with van der Waals surface area (Å²) in [6.45, 7) is 2.15. The van der Waals surface area contributed by atoms with Gasteiger partial charge in [0.25, 0.3) is 0 Å². The van der Waals surface area contributed by atoms with Crippen molar-refractivity contribution in [3.8, 4) is 0 Å². The maximum atomic E-state index is 11.4. The summed E-state index contributed by atoms with van der Waals surface area (Å²) in [5, 5.41) is 11.4. The van der Waals surface area contributed by atoms with Crippen molar-refractivity contribution < 1.29 is 9.90 Å². The number of fused-ring (bicyclic) bond motifs is 2. The number of rotatable bonds is 4. The lowest BCUT2D eigenvalue weighted by atomic mass is 9.98. The summed E-state index contributed by atoms with van der Waals surface area (Å²) in [6.07, 6.45) is 3.16. The van der Waals surface area contributed by atoms with Crippen LogP contribution in [0.15, 0.2) is 42.5 Å². The average molecular weight is 279 g/mol. The molecule has 0 aliphatic rings. The molecule has 3 heteroatoms. The van der Waals surface area contributed by atoms with Gasteiger partial charge < -0.3 is 5.11 Å². The Balaban J connectivity index is 2.33. The lowest BCUT2D eigenvalue weighted by Crippen LogP contribution is -2.01. The van der Waals surface area contributed by atoms with Crippen LogP contribution in [0.4, 0.5) is 0 Å². The number of aromatic carboxylic acids is 1. The average Bonchev–Trinajstić information content (AvgIpc) is 2.50. The molecule has 0 aliphatic heterocycles. The number of hydrogen-bond acceptors (Lipinski definition) is 2. The molecule has 3 rings (SSSR count). The van der Waals surface area contributed by atoms with Crippen molar-refractivity contribution >= 4 is 27.8 Å². The quantitative estimate of drug-likeness (QED) is 0.719. The van der Waals surface area contributed by atoms with Crippen LogP contribution < -0.4 is 0 Å². The molecule has 1 heterocycles. The van der Waals surface area contributed by atoms with E-state index in [0.29, 0.717) is 5.52 Å². The van der Waals surface area contributed by atoms with Gasteiger partial charge in [0.15, 0.2) is 0 Å². The number of benzene rings is 2. The number of carbonyl (C=O) groups is 1. The van der Waals surface area contributed by atoms with Crippen LogP contribution in [0.1, 0.15) is 35.7 Å². The lowest BCUT2D eigenvalue weighted by Gasteiger charge is -2.10. The van der Waals surface area contributed by atoms with Gasteiger partial charge in [-0.1, -0.05) is 37.6 Å². The molecule has 3 nitrogen and oxygen atoms in total. The van der Waals surface area contributed by atoms with E-state index in [-0.39, 0.29) is 5.56 Å². The molecule has 0 aliphatic carbocycles. The van der Waals surface area contributed by atoms with Gasteiger partial charge in [-0.15, -0.1) is 0 Å². The monoisotopic (exact) mass is 279 g/mol. The first-order valence-electron chi connectivity index (χ1n) is 7.25. The first-order chi connectivity index (χ1) is 10.2. The van der Waals surface area contributed by atoms with Crippen molar-refractivity contribution in [3.63, 3.8) is 0 Å². The van der Waals surface area contributed by atoms with Crippen LogP contribution >= 0.6 is 0 Å². The normalized spacial score (nSPS) is 11.1. The highest BCUT2D eigenvalue weighted by Gasteiger charge is 2.13. The third-order valence-corrected chi connectivity index (χ3v) is 3.81. The molecule has 0 radical (unpaired) electrons. The largest absolute Gasteiger partial charge is 0.478 e. The minimum Gasteiger partial charge on any atom is -0.478 e. The number of nitrogens with zero attached hydrogens (tertiary/aromatic N) is 1. The molecule has 3 aromatic rings. The number of carboxylic acid groups (broad SMARTS) is 1. The van der Waals surface area contributed by atoms with Crippen molar-refractivity contribution in [2.75, 3.05) is 0 Å². The Labute approximate surface area is 123 Å². The molecule has 0 unspecified atom stereocenters. The van der Waals surface area contributed by atoms with Gasteiger partial charge in [-0.05, 0) is 36.6 Å². The van der Waals surface area contributed by atoms with Crippen LogP contribution in [-0.2, 0) is 6.42 Å². The van der Waals surface area contributed by atoms with Crippen LogP contribution in [0.5, 0.6) is 0 Å². The Kier molecular flexibility index (Phi) is 3.57. The Morgan fingerprint density at radius 2 is 2.00 bits per heavy atom. The van der Waals surface area contributed by atoms with E-state index in [1.54, 1.807) is 6.07 Å². The van der Waals surface area contributed by atoms with Crippen LogP contribution in [0.3, 0.4) is 0 Å². The molecule has 0 spiro atoms. The minimum absolute atomic E-state index is 0.274. The fourth-order valence-corrected chi connectivity index (χ4v) is 2.68. The standard InChI is InChI=1S/C18H17NO2/c1-2-3-6-12-9-10-14(18(20)21)17-15(12)11-13-7-4-5-8-16(13)19-17/h4-5,7-11H,2-3,6H2,1H3,(H,20,21). The van der Waals surface area contributed by atoms with Crippen LogP contribution in [-0.4, -0.2) is 16.1 Å². The van der Waals surface area contributed by atoms with E-state index in [1.807, 2.05) is 30.3 Å². The summed E-state index contributed by atoms with van der Waals surface area (Å²) in [4.78, 5) is 16.0. The van der Waals surface area contributed by atoms with Gasteiger partial charge in [0.2, 0.25) is 0 Å². The van der Waals surface area contributed by atoms with Crippen molar-refractivity contribution in [3.05, 3.63) is 53.6 Å². The molecule has 106 valence electrons. The highest BCUT2D eigenvalue weighted by molar-refractivity contribution is 6.06. The first-order valence-corrected chi connectivity index (χ1v) is 7.25. The number of hydrogen-bond donors (Lipinski definition) is 1. The van der Waals surface area contributed by atoms with Gasteiger partial charge in [-0.2, -0.15) is 0 Å².